The maximum absolute atomic E-state index is 12.2. The van der Waals surface area contributed by atoms with Gasteiger partial charge in [-0.25, -0.2) is 4.79 Å². The second-order valence-corrected chi connectivity index (χ2v) is 6.10. The average molecular weight is 331 g/mol. The van der Waals surface area contributed by atoms with Crippen molar-refractivity contribution in [3.63, 3.8) is 0 Å². The topological polar surface area (TPSA) is 81.1 Å². The first-order chi connectivity index (χ1) is 11.4. The highest BCUT2D eigenvalue weighted by Gasteiger charge is 2.16. The van der Waals surface area contributed by atoms with E-state index in [0.29, 0.717) is 5.82 Å². The van der Waals surface area contributed by atoms with E-state index in [0.717, 1.165) is 11.3 Å². The molecule has 0 fully saturated rings. The Bertz CT molecular complexity index is 683. The lowest BCUT2D eigenvalue weighted by Gasteiger charge is -2.19. The van der Waals surface area contributed by atoms with E-state index in [-0.39, 0.29) is 24.2 Å². The monoisotopic (exact) mass is 331 g/mol. The van der Waals surface area contributed by atoms with Crippen LogP contribution in [0.1, 0.15) is 51.2 Å². The van der Waals surface area contributed by atoms with Crippen molar-refractivity contribution in [3.8, 4) is 5.75 Å². The van der Waals surface area contributed by atoms with Gasteiger partial charge in [0.15, 0.2) is 5.82 Å². The number of rotatable bonds is 6. The first kappa shape index (κ1) is 17.8. The fourth-order valence-corrected chi connectivity index (χ4v) is 2.40. The van der Waals surface area contributed by atoms with Crippen molar-refractivity contribution in [2.45, 2.75) is 45.9 Å². The number of aromatic nitrogens is 3. The van der Waals surface area contributed by atoms with E-state index in [1.807, 2.05) is 59.0 Å². The summed E-state index contributed by atoms with van der Waals surface area (Å²) in [4.78, 5) is 12.2. The molecule has 0 saturated heterocycles. The van der Waals surface area contributed by atoms with Crippen LogP contribution in [-0.2, 0) is 7.05 Å². The molecular weight excluding hydrogens is 306 g/mol. The van der Waals surface area contributed by atoms with E-state index in [1.54, 1.807) is 10.9 Å². The predicted octanol–water partition coefficient (Wildman–Crippen LogP) is 2.72. The number of carbonyl (C=O) groups is 1. The van der Waals surface area contributed by atoms with Crippen LogP contribution in [-0.4, -0.2) is 26.9 Å². The molecule has 24 heavy (non-hydrogen) atoms. The standard InChI is InChI=1S/C17H25N5O2/c1-11(2)24-15-8-6-7-14(9-15)12(3)19-17(23)20-13(4)16-21-18-10-22(16)5/h6-13H,1-5H3,(H2,19,20,23)/t12-,13-/m1/s1. The van der Waals surface area contributed by atoms with Crippen molar-refractivity contribution in [2.75, 3.05) is 0 Å². The quantitative estimate of drug-likeness (QED) is 0.853. The Kier molecular flexibility index (Phi) is 5.78. The smallest absolute Gasteiger partial charge is 0.315 e. The van der Waals surface area contributed by atoms with Gasteiger partial charge in [0.2, 0.25) is 0 Å². The number of ether oxygens (including phenoxy) is 1. The number of nitrogens with one attached hydrogen (secondary N) is 2. The summed E-state index contributed by atoms with van der Waals surface area (Å²) in [6.07, 6.45) is 1.72. The second-order valence-electron chi connectivity index (χ2n) is 6.10. The molecule has 2 atom stereocenters. The minimum absolute atomic E-state index is 0.110. The zero-order valence-corrected chi connectivity index (χ0v) is 14.8. The maximum Gasteiger partial charge on any atom is 0.315 e. The Labute approximate surface area is 142 Å². The second kappa shape index (κ2) is 7.81. The van der Waals surface area contributed by atoms with Gasteiger partial charge in [-0.05, 0) is 45.4 Å². The van der Waals surface area contributed by atoms with E-state index in [4.69, 9.17) is 4.74 Å². The normalized spacial score (nSPS) is 13.4. The zero-order chi connectivity index (χ0) is 17.7. The number of hydrogen-bond acceptors (Lipinski definition) is 4. The van der Waals surface area contributed by atoms with Crippen LogP contribution in [0, 0.1) is 0 Å². The molecule has 2 aromatic rings. The lowest BCUT2D eigenvalue weighted by atomic mass is 10.1. The Morgan fingerprint density at radius 1 is 1.17 bits per heavy atom. The molecule has 2 rings (SSSR count). The number of amides is 2. The van der Waals surface area contributed by atoms with Gasteiger partial charge in [-0.3, -0.25) is 0 Å². The Balaban J connectivity index is 1.95. The SMILES string of the molecule is CC(C)Oc1cccc([C@@H](C)NC(=O)N[C@H](C)c2nncn2C)c1. The average Bonchev–Trinajstić information content (AvgIpc) is 2.93. The number of urea groups is 1. The Morgan fingerprint density at radius 3 is 2.50 bits per heavy atom. The molecule has 1 heterocycles. The van der Waals surface area contributed by atoms with Crippen molar-refractivity contribution in [1.82, 2.24) is 25.4 Å². The summed E-state index contributed by atoms with van der Waals surface area (Å²) in [5.41, 5.74) is 0.981. The van der Waals surface area contributed by atoms with E-state index in [1.165, 1.54) is 0 Å². The highest BCUT2D eigenvalue weighted by Crippen LogP contribution is 2.20. The Morgan fingerprint density at radius 2 is 1.88 bits per heavy atom. The summed E-state index contributed by atoms with van der Waals surface area (Å²) in [6, 6.07) is 7.10. The third-order valence-electron chi connectivity index (χ3n) is 3.56. The molecule has 0 saturated carbocycles. The number of hydrogen-bond donors (Lipinski definition) is 2. The third kappa shape index (κ3) is 4.71. The van der Waals surface area contributed by atoms with Crippen LogP contribution in [0.4, 0.5) is 4.79 Å². The molecule has 0 aliphatic rings. The molecule has 130 valence electrons. The van der Waals surface area contributed by atoms with E-state index >= 15 is 0 Å². The minimum atomic E-state index is -0.256. The van der Waals surface area contributed by atoms with Crippen LogP contribution in [0.3, 0.4) is 0 Å². The van der Waals surface area contributed by atoms with E-state index in [2.05, 4.69) is 20.8 Å². The third-order valence-corrected chi connectivity index (χ3v) is 3.56. The molecule has 1 aromatic heterocycles. The number of benzene rings is 1. The van der Waals surface area contributed by atoms with Gasteiger partial charge in [-0.2, -0.15) is 0 Å². The van der Waals surface area contributed by atoms with Crippen LogP contribution in [0.2, 0.25) is 0 Å². The Hall–Kier alpha value is -2.57. The van der Waals surface area contributed by atoms with Gasteiger partial charge in [-0.15, -0.1) is 10.2 Å². The van der Waals surface area contributed by atoms with Gasteiger partial charge < -0.3 is 19.9 Å². The van der Waals surface area contributed by atoms with Gasteiger partial charge in [0.05, 0.1) is 18.2 Å². The van der Waals surface area contributed by atoms with Crippen LogP contribution in [0.15, 0.2) is 30.6 Å². The largest absolute Gasteiger partial charge is 0.491 e. The first-order valence-corrected chi connectivity index (χ1v) is 8.04. The highest BCUT2D eigenvalue weighted by molar-refractivity contribution is 5.74. The van der Waals surface area contributed by atoms with Crippen molar-refractivity contribution in [3.05, 3.63) is 42.0 Å². The summed E-state index contributed by atoms with van der Waals surface area (Å²) in [7, 11) is 1.84. The van der Waals surface area contributed by atoms with Crippen molar-refractivity contribution < 1.29 is 9.53 Å². The van der Waals surface area contributed by atoms with Crippen LogP contribution in [0.25, 0.3) is 0 Å². The molecule has 2 N–H and O–H groups in total. The molecule has 7 nitrogen and oxygen atoms in total. The van der Waals surface area contributed by atoms with Crippen LogP contribution >= 0.6 is 0 Å². The summed E-state index contributed by atoms with van der Waals surface area (Å²) in [5.74, 6) is 1.49. The van der Waals surface area contributed by atoms with Gasteiger partial charge in [0.1, 0.15) is 12.1 Å². The fraction of sp³-hybridized carbons (Fsp3) is 0.471. The number of nitrogens with zero attached hydrogens (tertiary/aromatic N) is 3. The lowest BCUT2D eigenvalue weighted by molar-refractivity contribution is 0.233. The van der Waals surface area contributed by atoms with Gasteiger partial charge in [0, 0.05) is 7.05 Å². The molecule has 0 bridgehead atoms. The predicted molar refractivity (Wildman–Crippen MR) is 91.7 cm³/mol. The lowest BCUT2D eigenvalue weighted by Crippen LogP contribution is -2.39. The molecule has 0 spiro atoms. The van der Waals surface area contributed by atoms with Crippen LogP contribution < -0.4 is 15.4 Å². The molecule has 0 unspecified atom stereocenters. The summed E-state index contributed by atoms with van der Waals surface area (Å²) >= 11 is 0. The molecule has 0 aliphatic carbocycles. The van der Waals surface area contributed by atoms with Crippen LogP contribution in [0.5, 0.6) is 5.75 Å². The van der Waals surface area contributed by atoms with Crippen molar-refractivity contribution >= 4 is 6.03 Å². The molecule has 7 heteroatoms. The molecule has 0 aliphatic heterocycles. The van der Waals surface area contributed by atoms with E-state index in [9.17, 15) is 4.79 Å². The zero-order valence-electron chi connectivity index (χ0n) is 14.8. The van der Waals surface area contributed by atoms with Gasteiger partial charge >= 0.3 is 6.03 Å². The maximum atomic E-state index is 12.2. The minimum Gasteiger partial charge on any atom is -0.491 e. The molecule has 2 amide bonds. The molecular formula is C17H25N5O2. The van der Waals surface area contributed by atoms with Crippen molar-refractivity contribution in [1.29, 1.82) is 0 Å². The number of aryl methyl sites for hydroxylation is 1. The number of carbonyl (C=O) groups excluding carboxylic acids is 1. The molecule has 0 radical (unpaired) electrons. The fourth-order valence-electron chi connectivity index (χ4n) is 2.40. The summed E-state index contributed by atoms with van der Waals surface area (Å²) in [6.45, 7) is 7.76. The first-order valence-electron chi connectivity index (χ1n) is 8.04. The van der Waals surface area contributed by atoms with Crippen molar-refractivity contribution in [2.24, 2.45) is 7.05 Å². The van der Waals surface area contributed by atoms with Gasteiger partial charge in [0.25, 0.3) is 0 Å². The van der Waals surface area contributed by atoms with E-state index < -0.39 is 0 Å². The highest BCUT2D eigenvalue weighted by atomic mass is 16.5. The summed E-state index contributed by atoms with van der Waals surface area (Å²) < 4.78 is 7.47. The van der Waals surface area contributed by atoms with Gasteiger partial charge in [-0.1, -0.05) is 12.1 Å². The summed E-state index contributed by atoms with van der Waals surface area (Å²) in [5, 5.41) is 13.6. The molecule has 1 aromatic carbocycles.